The van der Waals surface area contributed by atoms with Crippen LogP contribution in [0.5, 0.6) is 0 Å². The van der Waals surface area contributed by atoms with Crippen LogP contribution >= 0.6 is 0 Å². The fraction of sp³-hybridized carbons (Fsp3) is 0.500. The Labute approximate surface area is 235 Å². The summed E-state index contributed by atoms with van der Waals surface area (Å²) < 4.78 is 0.601. The van der Waals surface area contributed by atoms with Crippen LogP contribution in [0, 0.1) is 55.4 Å². The van der Waals surface area contributed by atoms with Crippen LogP contribution in [0.15, 0.2) is 11.1 Å². The molecule has 0 amide bonds. The smallest absolute Gasteiger partial charge is 1.00 e. The van der Waals surface area contributed by atoms with Crippen LogP contribution in [0.1, 0.15) is 107 Å². The van der Waals surface area contributed by atoms with Crippen molar-refractivity contribution < 1.29 is 44.0 Å². The maximum absolute atomic E-state index is 2.49. The van der Waals surface area contributed by atoms with Gasteiger partial charge in [0.1, 0.15) is 0 Å². The molecule has 0 radical (unpaired) electrons. The van der Waals surface area contributed by atoms with Crippen LogP contribution in [0.2, 0.25) is 0 Å². The molecule has 5 rings (SSSR count). The van der Waals surface area contributed by atoms with Gasteiger partial charge in [-0.05, 0) is 0 Å². The Hall–Kier alpha value is -0.786. The normalized spacial score (nSPS) is 23.9. The predicted octanol–water partition coefficient (Wildman–Crippen LogP) is 2.74. The first-order chi connectivity index (χ1) is 15.3. The largest absolute Gasteiger partial charge is 1.00 e. The molecule has 1 saturated heterocycles. The molecule has 2 aromatic rings. The second kappa shape index (κ2) is 8.91. The van der Waals surface area contributed by atoms with Gasteiger partial charge in [0.15, 0.2) is 0 Å². The van der Waals surface area contributed by atoms with Crippen LogP contribution in [0.3, 0.4) is 0 Å². The first-order valence-electron chi connectivity index (χ1n) is 12.7. The molecule has 2 aromatic carbocycles. The fourth-order valence-electron chi connectivity index (χ4n) is 7.82. The van der Waals surface area contributed by atoms with E-state index in [1.54, 1.807) is 55.7 Å². The van der Waals surface area contributed by atoms with Crippen molar-refractivity contribution in [3.05, 3.63) is 77.9 Å². The molecular weight excluding hydrogens is 503 g/mol. The molecule has 0 aromatic heterocycles. The molecule has 2 atom stereocenters. The summed E-state index contributed by atoms with van der Waals surface area (Å²) in [5, 5.41) is 0. The Morgan fingerprint density at radius 1 is 0.429 bits per heavy atom. The Bertz CT molecular complexity index is 1250. The first-order valence-corrected chi connectivity index (χ1v) is 14.3. The summed E-state index contributed by atoms with van der Waals surface area (Å²) in [5.74, 6) is 0. The average Bonchev–Trinajstić information content (AvgIpc) is 3.36. The summed E-state index contributed by atoms with van der Waals surface area (Å²) >= 11 is -0.363. The molecule has 0 N–H and O–H groups in total. The number of hydrogen-bond donors (Lipinski definition) is 0. The van der Waals surface area contributed by atoms with E-state index in [0.29, 0.717) is 7.44 Å². The Morgan fingerprint density at radius 2 is 0.714 bits per heavy atom. The van der Waals surface area contributed by atoms with Crippen molar-refractivity contribution in [1.29, 1.82) is 0 Å². The molecule has 1 fully saturated rings. The number of halogens is 2. The van der Waals surface area contributed by atoms with E-state index in [-0.39, 0.29) is 44.0 Å². The Kier molecular flexibility index (Phi) is 7.32. The van der Waals surface area contributed by atoms with Crippen molar-refractivity contribution in [1.82, 2.24) is 0 Å². The third kappa shape index (κ3) is 3.22. The van der Waals surface area contributed by atoms with Crippen molar-refractivity contribution in [3.8, 4) is 0 Å². The molecule has 3 aliphatic rings. The Balaban J connectivity index is 0.00000171. The maximum Gasteiger partial charge on any atom is -1.00 e. The zero-order valence-corrected chi connectivity index (χ0v) is 26.7. The van der Waals surface area contributed by atoms with E-state index in [2.05, 4.69) is 83.1 Å². The van der Waals surface area contributed by atoms with E-state index >= 15 is 0 Å². The molecule has 1 heterocycles. The van der Waals surface area contributed by atoms with Gasteiger partial charge in [0.2, 0.25) is 0 Å². The molecule has 0 bridgehead atoms. The number of fused-ring (bicyclic) bond motifs is 4. The second-order valence-corrected chi connectivity index (χ2v) is 14.5. The van der Waals surface area contributed by atoms with Crippen molar-refractivity contribution >= 4 is 11.1 Å². The van der Waals surface area contributed by atoms with Gasteiger partial charge in [-0.2, -0.15) is 0 Å². The fourth-order valence-corrected chi connectivity index (χ4v) is 12.3. The van der Waals surface area contributed by atoms with Gasteiger partial charge in [0.05, 0.1) is 0 Å². The molecule has 35 heavy (non-hydrogen) atoms. The van der Waals surface area contributed by atoms with Gasteiger partial charge in [-0.1, -0.05) is 0 Å². The molecule has 2 unspecified atom stereocenters. The summed E-state index contributed by atoms with van der Waals surface area (Å²) in [4.78, 5) is 0. The Morgan fingerprint density at radius 3 is 1.03 bits per heavy atom. The van der Waals surface area contributed by atoms with Gasteiger partial charge < -0.3 is 24.8 Å². The van der Waals surface area contributed by atoms with Gasteiger partial charge >= 0.3 is 212 Å². The van der Waals surface area contributed by atoms with E-state index in [4.69, 9.17) is 0 Å². The van der Waals surface area contributed by atoms with E-state index in [1.165, 1.54) is 46.2 Å². The zero-order valence-electron chi connectivity index (χ0n) is 23.7. The summed E-state index contributed by atoms with van der Waals surface area (Å²) in [7, 11) is 0. The average molecular weight is 543 g/mol. The predicted molar refractivity (Wildman–Crippen MR) is 140 cm³/mol. The van der Waals surface area contributed by atoms with Gasteiger partial charge in [-0.15, -0.1) is 0 Å². The number of benzene rings is 2. The SMILES string of the molecule is CC1=C(C)[C]2(CC[C]3([Ti+2]2)C(C)=C(C)c2c(C)c(C)c(C)c(C)c23)c2c(C)c(C)c(C)c(C)c21.[Cl-].[Cl-]. The van der Waals surface area contributed by atoms with Gasteiger partial charge in [0.25, 0.3) is 0 Å². The number of allylic oxidation sites excluding steroid dienone is 4. The second-order valence-electron chi connectivity index (χ2n) is 11.4. The molecule has 0 saturated carbocycles. The minimum Gasteiger partial charge on any atom is -1.00 e. The molecular formula is C32H40Cl2Ti. The third-order valence-corrected chi connectivity index (χ3v) is 14.8. The minimum atomic E-state index is -0.363. The number of hydrogen-bond acceptors (Lipinski definition) is 0. The summed E-state index contributed by atoms with van der Waals surface area (Å²) in [6.45, 7) is 28.8. The van der Waals surface area contributed by atoms with Crippen molar-refractivity contribution in [3.63, 3.8) is 0 Å². The van der Waals surface area contributed by atoms with Crippen LogP contribution in [0.25, 0.3) is 11.1 Å². The first kappa shape index (κ1) is 28.8. The quantitative estimate of drug-likeness (QED) is 0.449. The van der Waals surface area contributed by atoms with E-state index in [9.17, 15) is 0 Å². The van der Waals surface area contributed by atoms with Crippen molar-refractivity contribution in [2.24, 2.45) is 0 Å². The molecule has 0 nitrogen and oxygen atoms in total. The third-order valence-electron chi connectivity index (χ3n) is 10.7. The minimum absolute atomic E-state index is 0. The van der Waals surface area contributed by atoms with E-state index in [0.717, 1.165) is 0 Å². The maximum atomic E-state index is 2.49. The molecule has 186 valence electrons. The van der Waals surface area contributed by atoms with Gasteiger partial charge in [-0.3, -0.25) is 0 Å². The van der Waals surface area contributed by atoms with Crippen molar-refractivity contribution in [2.75, 3.05) is 0 Å². The molecule has 2 spiro atoms. The van der Waals surface area contributed by atoms with Crippen molar-refractivity contribution in [2.45, 2.75) is 103 Å². The monoisotopic (exact) mass is 542 g/mol. The van der Waals surface area contributed by atoms with Gasteiger partial charge in [0, 0.05) is 0 Å². The molecule has 1 aliphatic heterocycles. The summed E-state index contributed by atoms with van der Waals surface area (Å²) in [6, 6.07) is 0. The topological polar surface area (TPSA) is 0 Å². The summed E-state index contributed by atoms with van der Waals surface area (Å²) in [6.07, 6.45) is 2.64. The van der Waals surface area contributed by atoms with E-state index < -0.39 is 0 Å². The van der Waals surface area contributed by atoms with Crippen LogP contribution in [-0.4, -0.2) is 0 Å². The standard InChI is InChI=1S/C32H40.2ClH.Ti/c1-15-17(3)23(9)31-27(19(5)25(11)29(31)21(15)7)13-14-28-20(6)26(12)30-22(8)16(2)18(4)24(10)32(28)30;;;/h13-14H2,1-12H3;2*1H;/q;;;+2/p-2. The van der Waals surface area contributed by atoms with E-state index in [1.807, 2.05) is 0 Å². The summed E-state index contributed by atoms with van der Waals surface area (Å²) in [5.41, 5.74) is 25.5. The van der Waals surface area contributed by atoms with Crippen LogP contribution < -0.4 is 24.8 Å². The zero-order chi connectivity index (χ0) is 24.4. The number of rotatable bonds is 0. The molecule has 2 aliphatic carbocycles. The van der Waals surface area contributed by atoms with Gasteiger partial charge in [-0.25, -0.2) is 0 Å². The van der Waals surface area contributed by atoms with Crippen LogP contribution in [-0.2, 0) is 26.6 Å². The van der Waals surface area contributed by atoms with Crippen LogP contribution in [0.4, 0.5) is 0 Å². The molecule has 3 heteroatoms.